The molecule has 6 heteroatoms. The average molecular weight is 406 g/mol. The predicted molar refractivity (Wildman–Crippen MR) is 119 cm³/mol. The number of anilines is 1. The Bertz CT molecular complexity index is 1060. The third-order valence-electron chi connectivity index (χ3n) is 6.79. The third-order valence-corrected chi connectivity index (χ3v) is 6.79. The molecule has 5 nitrogen and oxygen atoms in total. The molecule has 5 rings (SSSR count). The van der Waals surface area contributed by atoms with E-state index in [1.165, 1.54) is 25.3 Å². The van der Waals surface area contributed by atoms with Gasteiger partial charge in [-0.2, -0.15) is 0 Å². The smallest absolute Gasteiger partial charge is 0.206 e. The Labute approximate surface area is 177 Å². The van der Waals surface area contributed by atoms with Crippen molar-refractivity contribution < 1.29 is 4.39 Å². The minimum atomic E-state index is -0.273. The summed E-state index contributed by atoms with van der Waals surface area (Å²) in [7, 11) is 1.97. The summed E-state index contributed by atoms with van der Waals surface area (Å²) in [6, 6.07) is 5.19. The maximum atomic E-state index is 14.4. The Morgan fingerprint density at radius 2 is 1.97 bits per heavy atom. The molecule has 2 aromatic rings. The number of halogens is 1. The number of guanidine groups is 1. The van der Waals surface area contributed by atoms with Crippen LogP contribution in [-0.2, 0) is 6.54 Å². The highest BCUT2D eigenvalue weighted by Crippen LogP contribution is 2.49. The monoisotopic (exact) mass is 405 g/mol. The zero-order valence-corrected chi connectivity index (χ0v) is 17.9. The molecular formula is C24H28FN5. The van der Waals surface area contributed by atoms with Crippen LogP contribution in [0.4, 0.5) is 15.9 Å². The largest absolute Gasteiger partial charge is 0.366 e. The van der Waals surface area contributed by atoms with Gasteiger partial charge in [-0.25, -0.2) is 14.4 Å². The number of likely N-dealkylation sites (tertiary alicyclic amines) is 1. The topological polar surface area (TPSA) is 43.8 Å². The fraction of sp³-hybridized carbons (Fsp3) is 0.417. The van der Waals surface area contributed by atoms with Crippen LogP contribution in [-0.4, -0.2) is 40.9 Å². The van der Waals surface area contributed by atoms with Gasteiger partial charge in [-0.3, -0.25) is 0 Å². The predicted octanol–water partition coefficient (Wildman–Crippen LogP) is 4.84. The molecule has 1 saturated heterocycles. The highest BCUT2D eigenvalue weighted by Gasteiger charge is 2.49. The molecule has 1 saturated carbocycles. The van der Waals surface area contributed by atoms with Crippen molar-refractivity contribution in [1.82, 2.24) is 14.8 Å². The molecule has 0 unspecified atom stereocenters. The Hall–Kier alpha value is -2.89. The van der Waals surface area contributed by atoms with Gasteiger partial charge in [-0.1, -0.05) is 19.1 Å². The SMILES string of the molecule is C=C1c2cc(F)cc(CNc3ncc(C)cc3C)c2N=C(N2CC3(CCC3)C2)N1C. The number of hydrogen-bond donors (Lipinski definition) is 1. The summed E-state index contributed by atoms with van der Waals surface area (Å²) in [5, 5.41) is 3.36. The van der Waals surface area contributed by atoms with Crippen molar-refractivity contribution in [2.75, 3.05) is 25.5 Å². The first-order valence-electron chi connectivity index (χ1n) is 10.6. The highest BCUT2D eigenvalue weighted by molar-refractivity contribution is 5.97. The van der Waals surface area contributed by atoms with E-state index in [1.807, 2.05) is 32.0 Å². The fourth-order valence-electron chi connectivity index (χ4n) is 4.88. The van der Waals surface area contributed by atoms with Gasteiger partial charge in [0.2, 0.25) is 5.96 Å². The average Bonchev–Trinajstić information content (AvgIpc) is 2.63. The molecule has 1 aromatic heterocycles. The van der Waals surface area contributed by atoms with E-state index in [1.54, 1.807) is 6.07 Å². The number of rotatable bonds is 3. The van der Waals surface area contributed by atoms with Gasteiger partial charge in [0.15, 0.2) is 0 Å². The molecule has 0 amide bonds. The number of fused-ring (bicyclic) bond motifs is 1. The van der Waals surface area contributed by atoms with Gasteiger partial charge in [0, 0.05) is 55.1 Å². The summed E-state index contributed by atoms with van der Waals surface area (Å²) in [6.07, 6.45) is 5.82. The van der Waals surface area contributed by atoms with E-state index in [9.17, 15) is 4.39 Å². The lowest BCUT2D eigenvalue weighted by molar-refractivity contribution is -0.0216. The second-order valence-electron chi connectivity index (χ2n) is 9.12. The number of aliphatic imine (C=N–C) groups is 1. The molecule has 0 radical (unpaired) electrons. The van der Waals surface area contributed by atoms with Crippen molar-refractivity contribution in [2.45, 2.75) is 39.7 Å². The van der Waals surface area contributed by atoms with E-state index in [0.29, 0.717) is 12.0 Å². The summed E-state index contributed by atoms with van der Waals surface area (Å²) in [6.45, 7) is 10.9. The van der Waals surface area contributed by atoms with Gasteiger partial charge >= 0.3 is 0 Å². The van der Waals surface area contributed by atoms with Gasteiger partial charge in [-0.05, 0) is 49.9 Å². The quantitative estimate of drug-likeness (QED) is 0.794. The lowest BCUT2D eigenvalue weighted by Gasteiger charge is -2.58. The van der Waals surface area contributed by atoms with Crippen molar-refractivity contribution in [3.05, 3.63) is 59.0 Å². The number of pyridine rings is 1. The number of benzene rings is 1. The van der Waals surface area contributed by atoms with Crippen LogP contribution in [0.1, 0.15) is 41.5 Å². The molecular weight excluding hydrogens is 377 g/mol. The first kappa shape index (κ1) is 19.1. The minimum absolute atomic E-state index is 0.273. The molecule has 3 aliphatic rings. The first-order valence-corrected chi connectivity index (χ1v) is 10.6. The molecule has 1 spiro atoms. The summed E-state index contributed by atoms with van der Waals surface area (Å²) in [4.78, 5) is 13.8. The first-order chi connectivity index (χ1) is 14.3. The van der Waals surface area contributed by atoms with E-state index in [-0.39, 0.29) is 5.82 Å². The van der Waals surface area contributed by atoms with E-state index in [2.05, 4.69) is 27.8 Å². The summed E-state index contributed by atoms with van der Waals surface area (Å²) in [5.41, 5.74) is 5.86. The Morgan fingerprint density at radius 3 is 2.63 bits per heavy atom. The molecule has 30 heavy (non-hydrogen) atoms. The van der Waals surface area contributed by atoms with Gasteiger partial charge in [0.25, 0.3) is 0 Å². The minimum Gasteiger partial charge on any atom is -0.366 e. The van der Waals surface area contributed by atoms with Crippen LogP contribution in [0.2, 0.25) is 0 Å². The zero-order valence-electron chi connectivity index (χ0n) is 17.9. The molecule has 1 aliphatic carbocycles. The van der Waals surface area contributed by atoms with Crippen LogP contribution < -0.4 is 5.32 Å². The molecule has 2 aliphatic heterocycles. The summed E-state index contributed by atoms with van der Waals surface area (Å²) < 4.78 is 14.4. The highest BCUT2D eigenvalue weighted by atomic mass is 19.1. The van der Waals surface area contributed by atoms with Gasteiger partial charge in [-0.15, -0.1) is 0 Å². The maximum Gasteiger partial charge on any atom is 0.206 e. The van der Waals surface area contributed by atoms with E-state index in [0.717, 1.165) is 58.5 Å². The number of nitrogens with one attached hydrogen (secondary N) is 1. The van der Waals surface area contributed by atoms with Crippen LogP contribution >= 0.6 is 0 Å². The molecule has 1 N–H and O–H groups in total. The Balaban J connectivity index is 1.46. The lowest BCUT2D eigenvalue weighted by Crippen LogP contribution is -2.63. The van der Waals surface area contributed by atoms with Crippen LogP contribution in [0, 0.1) is 25.1 Å². The van der Waals surface area contributed by atoms with Crippen LogP contribution in [0.25, 0.3) is 5.70 Å². The number of aromatic nitrogens is 1. The Morgan fingerprint density at radius 1 is 1.20 bits per heavy atom. The maximum absolute atomic E-state index is 14.4. The lowest BCUT2D eigenvalue weighted by atomic mass is 9.63. The van der Waals surface area contributed by atoms with Crippen LogP contribution in [0.5, 0.6) is 0 Å². The zero-order chi connectivity index (χ0) is 21.0. The molecule has 3 heterocycles. The summed E-state index contributed by atoms with van der Waals surface area (Å²) in [5.74, 6) is 1.46. The van der Waals surface area contributed by atoms with E-state index < -0.39 is 0 Å². The Kier molecular flexibility index (Phi) is 4.34. The fourth-order valence-corrected chi connectivity index (χ4v) is 4.88. The van der Waals surface area contributed by atoms with Crippen molar-refractivity contribution in [3.63, 3.8) is 0 Å². The van der Waals surface area contributed by atoms with Gasteiger partial charge < -0.3 is 15.1 Å². The van der Waals surface area contributed by atoms with Gasteiger partial charge in [0.05, 0.1) is 5.69 Å². The molecule has 0 atom stereocenters. The summed E-state index contributed by atoms with van der Waals surface area (Å²) >= 11 is 0. The van der Waals surface area contributed by atoms with Gasteiger partial charge in [0.1, 0.15) is 11.6 Å². The van der Waals surface area contributed by atoms with Crippen molar-refractivity contribution >= 4 is 23.2 Å². The van der Waals surface area contributed by atoms with E-state index in [4.69, 9.17) is 4.99 Å². The number of aryl methyl sites for hydroxylation is 2. The third kappa shape index (κ3) is 3.06. The molecule has 0 bridgehead atoms. The van der Waals surface area contributed by atoms with Crippen LogP contribution in [0.3, 0.4) is 0 Å². The van der Waals surface area contributed by atoms with E-state index >= 15 is 0 Å². The number of nitrogens with zero attached hydrogens (tertiary/aromatic N) is 4. The number of hydrogen-bond acceptors (Lipinski definition) is 5. The standard InChI is InChI=1S/C24H28FN5/c1-15-8-16(2)22(26-11-15)27-12-18-9-19(25)10-20-17(3)29(4)23(28-21(18)20)30-13-24(14-30)6-5-7-24/h8-11H,3,5-7,12-14H2,1-2,4H3,(H,26,27). The molecule has 1 aromatic carbocycles. The normalized spacial score (nSPS) is 19.2. The van der Waals surface area contributed by atoms with Crippen molar-refractivity contribution in [1.29, 1.82) is 0 Å². The van der Waals surface area contributed by atoms with Crippen LogP contribution in [0.15, 0.2) is 36.0 Å². The van der Waals surface area contributed by atoms with Crippen molar-refractivity contribution in [3.8, 4) is 0 Å². The van der Waals surface area contributed by atoms with Crippen molar-refractivity contribution in [2.24, 2.45) is 10.4 Å². The molecule has 2 fully saturated rings. The second kappa shape index (κ2) is 6.83. The molecule has 156 valence electrons. The second-order valence-corrected chi connectivity index (χ2v) is 9.12.